The number of nitrogens with zero attached hydrogens (tertiary/aromatic N) is 4. The molecule has 0 saturated carbocycles. The predicted molar refractivity (Wildman–Crippen MR) is 262 cm³/mol. The number of benzene rings is 9. The van der Waals surface area contributed by atoms with Crippen molar-refractivity contribution < 1.29 is 12.6 Å². The Hall–Kier alpha value is -8.19. The van der Waals surface area contributed by atoms with Crippen LogP contribution in [-0.2, 0) is 0 Å². The van der Waals surface area contributed by atoms with E-state index >= 15 is 0 Å². The molecule has 0 unspecified atom stereocenters. The van der Waals surface area contributed by atoms with Gasteiger partial charge in [0.05, 0.1) is 24.9 Å². The molecule has 0 aliphatic rings. The van der Waals surface area contributed by atoms with Crippen molar-refractivity contribution in [3.8, 4) is 62.1 Å². The first-order chi connectivity index (χ1) is 33.7. The summed E-state index contributed by atoms with van der Waals surface area (Å²) in [5.74, 6) is 1.74. The minimum absolute atomic E-state index is 0.0275. The van der Waals surface area contributed by atoms with Gasteiger partial charge in [-0.25, -0.2) is 15.0 Å². The molecule has 294 valence electrons. The van der Waals surface area contributed by atoms with Crippen LogP contribution < -0.4 is 0 Å². The summed E-state index contributed by atoms with van der Waals surface area (Å²) < 4.78 is 64.6. The van der Waals surface area contributed by atoms with Crippen LogP contribution in [-0.4, -0.2) is 19.5 Å². The van der Waals surface area contributed by atoms with Crippen molar-refractivity contribution in [1.29, 1.82) is 0 Å². The zero-order chi connectivity index (χ0) is 46.7. The van der Waals surface area contributed by atoms with E-state index in [-0.39, 0.29) is 58.1 Å². The Balaban J connectivity index is 1.08. The molecule has 0 aliphatic carbocycles. The lowest BCUT2D eigenvalue weighted by atomic mass is 9.94. The normalized spacial score (nSPS) is 13.1. The minimum Gasteiger partial charge on any atom is -0.455 e. The summed E-state index contributed by atoms with van der Waals surface area (Å²) in [7, 11) is 0. The number of thiophene rings is 1. The van der Waals surface area contributed by atoms with Gasteiger partial charge in [-0.05, 0) is 47.5 Å². The topological polar surface area (TPSA) is 56.7 Å². The average molecular weight is 829 g/mol. The fraction of sp³-hybridized carbons (Fsp3) is 0. The summed E-state index contributed by atoms with van der Waals surface area (Å²) in [5, 5.41) is 4.35. The number of aromatic nitrogens is 4. The number of hydrogen-bond donors (Lipinski definition) is 0. The zero-order valence-electron chi connectivity index (χ0n) is 39.3. The third kappa shape index (κ3) is 5.66. The van der Waals surface area contributed by atoms with E-state index in [0.717, 1.165) is 75.5 Å². The van der Waals surface area contributed by atoms with E-state index < -0.39 is 0 Å². The Labute approximate surface area is 374 Å². The maximum absolute atomic E-state index is 9.29. The van der Waals surface area contributed by atoms with Crippen LogP contribution in [0.1, 0.15) is 8.22 Å². The summed E-state index contributed by atoms with van der Waals surface area (Å²) in [5.41, 5.74) is 8.60. The monoisotopic (exact) mass is 828 g/mol. The molecule has 6 heteroatoms. The Bertz CT molecular complexity index is 4150. The summed E-state index contributed by atoms with van der Waals surface area (Å²) in [4.78, 5) is 15.2. The number of fused-ring (bicyclic) bond motifs is 9. The second kappa shape index (κ2) is 14.2. The van der Waals surface area contributed by atoms with E-state index in [1.165, 1.54) is 12.1 Å². The highest BCUT2D eigenvalue weighted by atomic mass is 32.1. The molecule has 9 aromatic carbocycles. The van der Waals surface area contributed by atoms with Gasteiger partial charge >= 0.3 is 0 Å². The second-order valence-corrected chi connectivity index (χ2v) is 16.5. The lowest BCUT2D eigenvalue weighted by molar-refractivity contribution is 0.670. The van der Waals surface area contributed by atoms with Crippen LogP contribution in [0.4, 0.5) is 0 Å². The third-order valence-corrected chi connectivity index (χ3v) is 13.0. The maximum atomic E-state index is 9.29. The number of rotatable bonds is 6. The summed E-state index contributed by atoms with van der Waals surface area (Å²) >= 11 is 1.69. The number of furan rings is 1. The van der Waals surface area contributed by atoms with Gasteiger partial charge in [-0.3, -0.25) is 0 Å². The van der Waals surface area contributed by atoms with Gasteiger partial charge in [0.25, 0.3) is 0 Å². The van der Waals surface area contributed by atoms with Gasteiger partial charge in [-0.2, -0.15) is 0 Å². The summed E-state index contributed by atoms with van der Waals surface area (Å²) in [6, 6.07) is 54.5. The zero-order valence-corrected chi connectivity index (χ0v) is 34.1. The molecule has 0 spiro atoms. The molecule has 0 fully saturated rings. The predicted octanol–water partition coefficient (Wildman–Crippen LogP) is 15.6. The molecule has 0 radical (unpaired) electrons. The van der Waals surface area contributed by atoms with Crippen molar-refractivity contribution in [1.82, 2.24) is 19.5 Å². The fourth-order valence-electron chi connectivity index (χ4n) is 9.02. The molecular formula is C57H34N4OS. The minimum atomic E-state index is -0.168. The van der Waals surface area contributed by atoms with Gasteiger partial charge in [-0.15, -0.1) is 11.3 Å². The van der Waals surface area contributed by atoms with Crippen LogP contribution in [0.25, 0.3) is 126 Å². The Kier molecular flexibility index (Phi) is 6.75. The van der Waals surface area contributed by atoms with E-state index in [2.05, 4.69) is 36.4 Å². The molecule has 0 amide bonds. The summed E-state index contributed by atoms with van der Waals surface area (Å²) in [6.07, 6.45) is 0. The third-order valence-electron chi connectivity index (χ3n) is 11.8. The van der Waals surface area contributed by atoms with Crippen molar-refractivity contribution in [2.45, 2.75) is 0 Å². The lowest BCUT2D eigenvalue weighted by Gasteiger charge is -2.16. The van der Waals surface area contributed by atoms with E-state index in [1.807, 2.05) is 121 Å². The molecule has 0 saturated heterocycles. The van der Waals surface area contributed by atoms with Crippen LogP contribution in [0.3, 0.4) is 0 Å². The quantitative estimate of drug-likeness (QED) is 0.168. The van der Waals surface area contributed by atoms with E-state index in [4.69, 9.17) is 24.9 Å². The fourth-order valence-corrected chi connectivity index (χ4v) is 10.3. The van der Waals surface area contributed by atoms with Crippen molar-refractivity contribution in [2.75, 3.05) is 0 Å². The Morgan fingerprint density at radius 2 is 1.05 bits per heavy atom. The SMILES string of the molecule is [2H]c1cc([2H])c2c(c1[2H])c1c([2H])c([2H])cc([2H])c1n2-c1ccc(-c2cccc3c2sc2cccc(-c4nc(-c5ccccc5)nc(-c5ccccc5)n4)c23)cc1-c1cccc2c1oc1ccccc12. The number of hydrogen-bond acceptors (Lipinski definition) is 5. The van der Waals surface area contributed by atoms with E-state index in [1.54, 1.807) is 15.9 Å². The van der Waals surface area contributed by atoms with Crippen molar-refractivity contribution >= 4 is 75.3 Å². The van der Waals surface area contributed by atoms with Crippen LogP contribution in [0, 0.1) is 0 Å². The molecule has 4 heterocycles. The Morgan fingerprint density at radius 3 is 1.78 bits per heavy atom. The highest BCUT2D eigenvalue weighted by Crippen LogP contribution is 2.46. The van der Waals surface area contributed by atoms with Gasteiger partial charge in [0.1, 0.15) is 11.2 Å². The van der Waals surface area contributed by atoms with E-state index in [0.29, 0.717) is 28.7 Å². The smallest absolute Gasteiger partial charge is 0.164 e. The van der Waals surface area contributed by atoms with Crippen LogP contribution in [0.2, 0.25) is 0 Å². The molecule has 4 aromatic heterocycles. The second-order valence-electron chi connectivity index (χ2n) is 15.4. The van der Waals surface area contributed by atoms with Crippen molar-refractivity contribution in [3.63, 3.8) is 0 Å². The molecule has 13 rings (SSSR count). The molecule has 0 N–H and O–H groups in total. The lowest BCUT2D eigenvalue weighted by Crippen LogP contribution is -2.00. The average Bonchev–Trinajstić information content (AvgIpc) is 4.09. The van der Waals surface area contributed by atoms with Crippen molar-refractivity contribution in [2.24, 2.45) is 0 Å². The standard InChI is InChI=1S/C57H34N4OS/c1-3-16-35(17-4-1)55-58-56(36-18-5-2-6-19-36)60-57(59-55)45-27-15-31-51-52(45)44-26-13-23-38(54(44)63-51)37-32-33-49(61-47-28-10-7-20-39(47)40-21-8-11-29-48(40)61)46(34-37)43-25-14-24-42-41-22-9-12-30-50(41)62-53(42)43/h1-34H/i7D,8D,20D,21D,28D,29D. The van der Waals surface area contributed by atoms with Crippen LogP contribution in [0.5, 0.6) is 0 Å². The molecule has 63 heavy (non-hydrogen) atoms. The largest absolute Gasteiger partial charge is 0.455 e. The molecule has 13 aromatic rings. The van der Waals surface area contributed by atoms with Gasteiger partial charge in [0.2, 0.25) is 0 Å². The first-order valence-corrected chi connectivity index (χ1v) is 21.4. The Morgan fingerprint density at radius 1 is 0.444 bits per heavy atom. The highest BCUT2D eigenvalue weighted by molar-refractivity contribution is 7.26. The molecular weight excluding hydrogens is 789 g/mol. The summed E-state index contributed by atoms with van der Waals surface area (Å²) in [6.45, 7) is 0. The highest BCUT2D eigenvalue weighted by Gasteiger charge is 2.22. The first kappa shape index (κ1) is 29.9. The molecule has 0 aliphatic heterocycles. The van der Waals surface area contributed by atoms with Gasteiger partial charge in [-0.1, -0.05) is 170 Å². The van der Waals surface area contributed by atoms with Crippen LogP contribution in [0.15, 0.2) is 211 Å². The van der Waals surface area contributed by atoms with Gasteiger partial charge < -0.3 is 8.98 Å². The van der Waals surface area contributed by atoms with Crippen LogP contribution >= 0.6 is 11.3 Å². The van der Waals surface area contributed by atoms with E-state index in [9.17, 15) is 2.74 Å². The molecule has 0 atom stereocenters. The van der Waals surface area contributed by atoms with Gasteiger partial charge in [0.15, 0.2) is 17.5 Å². The molecule has 5 nitrogen and oxygen atoms in total. The van der Waals surface area contributed by atoms with Crippen molar-refractivity contribution in [3.05, 3.63) is 206 Å². The van der Waals surface area contributed by atoms with Gasteiger partial charge in [0, 0.05) is 69.5 Å². The molecule has 0 bridgehead atoms. The first-order valence-electron chi connectivity index (χ1n) is 23.6. The maximum Gasteiger partial charge on any atom is 0.164 e. The number of para-hydroxylation sites is 4.